The van der Waals surface area contributed by atoms with Crippen molar-refractivity contribution in [3.63, 3.8) is 0 Å². The number of aromatic nitrogens is 1. The average Bonchev–Trinajstić information content (AvgIpc) is 2.60. The number of nitrogens with one attached hydrogen (secondary N) is 2. The van der Waals surface area contributed by atoms with Gasteiger partial charge in [0.2, 0.25) is 0 Å². The van der Waals surface area contributed by atoms with Gasteiger partial charge in [0.15, 0.2) is 0 Å². The molecule has 0 radical (unpaired) electrons. The summed E-state index contributed by atoms with van der Waals surface area (Å²) in [4.78, 5) is 4.23. The van der Waals surface area contributed by atoms with Crippen LogP contribution in [0.3, 0.4) is 0 Å². The second-order valence-electron chi connectivity index (χ2n) is 7.95. The molecule has 1 aromatic carbocycles. The van der Waals surface area contributed by atoms with E-state index >= 15 is 0 Å². The molecule has 1 aliphatic rings. The van der Waals surface area contributed by atoms with Gasteiger partial charge in [-0.15, -0.1) is 0 Å². The van der Waals surface area contributed by atoms with E-state index in [4.69, 9.17) is 0 Å². The molecule has 1 fully saturated rings. The summed E-state index contributed by atoms with van der Waals surface area (Å²) in [7, 11) is 1.91. The summed E-state index contributed by atoms with van der Waals surface area (Å²) >= 11 is 1.89. The highest BCUT2D eigenvalue weighted by molar-refractivity contribution is 7.98. The van der Waals surface area contributed by atoms with E-state index in [-0.39, 0.29) is 0 Å². The smallest absolute Gasteiger partial charge is 0.0703 e. The van der Waals surface area contributed by atoms with E-state index in [1.165, 1.54) is 31.1 Å². The Hall–Kier alpha value is -1.26. The number of benzene rings is 1. The molecule has 2 N–H and O–H groups in total. The molecule has 0 spiro atoms. The molecule has 1 aromatic heterocycles. The molecule has 0 unspecified atom stereocenters. The topological polar surface area (TPSA) is 37.0 Å². The molecule has 4 heteroatoms. The number of fused-ring (bicyclic) bond motifs is 1. The Balaban J connectivity index is 0.000000181. The average molecular weight is 360 g/mol. The van der Waals surface area contributed by atoms with Gasteiger partial charge in [-0.3, -0.25) is 9.71 Å². The minimum atomic E-state index is 0.350. The first-order valence-corrected chi connectivity index (χ1v) is 10.1. The monoisotopic (exact) mass is 359 g/mol. The van der Waals surface area contributed by atoms with Gasteiger partial charge in [-0.05, 0) is 76.6 Å². The van der Waals surface area contributed by atoms with Crippen LogP contribution in [0.4, 0.5) is 5.69 Å². The Bertz CT molecular complexity index is 643. The maximum Gasteiger partial charge on any atom is 0.0703 e. The lowest BCUT2D eigenvalue weighted by atomic mass is 9.88. The van der Waals surface area contributed by atoms with Crippen LogP contribution in [0.1, 0.15) is 53.4 Å². The Labute approximate surface area is 157 Å². The van der Waals surface area contributed by atoms with Crippen molar-refractivity contribution in [1.82, 2.24) is 9.71 Å². The van der Waals surface area contributed by atoms with Crippen LogP contribution < -0.4 is 10.0 Å². The van der Waals surface area contributed by atoms with Gasteiger partial charge in [-0.1, -0.05) is 24.9 Å². The van der Waals surface area contributed by atoms with Gasteiger partial charge in [0, 0.05) is 35.1 Å². The summed E-state index contributed by atoms with van der Waals surface area (Å²) in [6.45, 7) is 9.15. The number of pyridine rings is 1. The molecule has 25 heavy (non-hydrogen) atoms. The lowest BCUT2D eigenvalue weighted by molar-refractivity contribution is 0.336. The van der Waals surface area contributed by atoms with Crippen molar-refractivity contribution in [1.29, 1.82) is 0 Å². The van der Waals surface area contributed by atoms with Crippen molar-refractivity contribution in [2.24, 2.45) is 5.92 Å². The fraction of sp³-hybridized carbons (Fsp3) is 0.571. The first kappa shape index (κ1) is 20.1. The second-order valence-corrected chi connectivity index (χ2v) is 9.61. The van der Waals surface area contributed by atoms with E-state index < -0.39 is 0 Å². The third kappa shape index (κ3) is 7.25. The molecular formula is C21H33N3S. The van der Waals surface area contributed by atoms with Gasteiger partial charge in [0.25, 0.3) is 0 Å². The molecule has 1 saturated carbocycles. The number of hydrogen-bond acceptors (Lipinski definition) is 4. The number of nitrogens with zero attached hydrogens (tertiary/aromatic N) is 1. The fourth-order valence-electron chi connectivity index (χ4n) is 2.87. The molecule has 1 heterocycles. The van der Waals surface area contributed by atoms with Crippen molar-refractivity contribution in [2.75, 3.05) is 12.4 Å². The summed E-state index contributed by atoms with van der Waals surface area (Å²) in [5.41, 5.74) is 2.16. The minimum absolute atomic E-state index is 0.350. The van der Waals surface area contributed by atoms with E-state index in [0.717, 1.165) is 23.2 Å². The molecular weight excluding hydrogens is 326 g/mol. The Morgan fingerprint density at radius 2 is 1.80 bits per heavy atom. The van der Waals surface area contributed by atoms with Crippen LogP contribution in [0.25, 0.3) is 10.9 Å². The molecule has 0 aliphatic heterocycles. The third-order valence-corrected chi connectivity index (χ3v) is 5.50. The van der Waals surface area contributed by atoms with Gasteiger partial charge < -0.3 is 5.32 Å². The van der Waals surface area contributed by atoms with Crippen LogP contribution in [-0.4, -0.2) is 22.8 Å². The van der Waals surface area contributed by atoms with E-state index in [9.17, 15) is 0 Å². The van der Waals surface area contributed by atoms with E-state index in [2.05, 4.69) is 54.9 Å². The van der Waals surface area contributed by atoms with Crippen LogP contribution in [0.5, 0.6) is 0 Å². The van der Waals surface area contributed by atoms with E-state index in [1.807, 2.05) is 37.2 Å². The molecule has 138 valence electrons. The molecule has 2 aromatic rings. The van der Waals surface area contributed by atoms with Crippen molar-refractivity contribution >= 4 is 28.5 Å². The second kappa shape index (κ2) is 9.44. The van der Waals surface area contributed by atoms with Crippen LogP contribution >= 0.6 is 11.9 Å². The van der Waals surface area contributed by atoms with Crippen molar-refractivity contribution in [3.8, 4) is 0 Å². The largest absolute Gasteiger partial charge is 0.388 e. The highest BCUT2D eigenvalue weighted by Crippen LogP contribution is 2.27. The molecule has 0 atom stereocenters. The molecule has 0 amide bonds. The van der Waals surface area contributed by atoms with E-state index in [0.29, 0.717) is 4.75 Å². The van der Waals surface area contributed by atoms with Crippen LogP contribution in [0.15, 0.2) is 36.5 Å². The van der Waals surface area contributed by atoms with Crippen molar-refractivity contribution < 1.29 is 0 Å². The van der Waals surface area contributed by atoms with Gasteiger partial charge in [-0.25, -0.2) is 0 Å². The number of hydrogen-bond donors (Lipinski definition) is 2. The van der Waals surface area contributed by atoms with E-state index in [1.54, 1.807) is 6.20 Å². The van der Waals surface area contributed by atoms with Crippen molar-refractivity contribution in [2.45, 2.75) is 64.2 Å². The predicted molar refractivity (Wildman–Crippen MR) is 113 cm³/mol. The van der Waals surface area contributed by atoms with Gasteiger partial charge >= 0.3 is 0 Å². The Morgan fingerprint density at radius 1 is 1.08 bits per heavy atom. The van der Waals surface area contributed by atoms with Gasteiger partial charge in [0.05, 0.1) is 5.52 Å². The normalized spacial score (nSPS) is 20.7. The predicted octanol–water partition coefficient (Wildman–Crippen LogP) is 5.88. The zero-order valence-corrected chi connectivity index (χ0v) is 17.1. The maximum atomic E-state index is 4.23. The molecule has 3 nitrogen and oxygen atoms in total. The molecule has 0 saturated heterocycles. The standard InChI is InChI=1S/C11H23NS.C10H10N2/c1-9-5-7-10(8-6-9)12-13-11(2,3)4;1-11-9-4-5-10-8(7-9)3-2-6-12-10/h9-10,12H,5-8H2,1-4H3;2-7,11H,1H3. The van der Waals surface area contributed by atoms with Crippen molar-refractivity contribution in [3.05, 3.63) is 36.5 Å². The first-order valence-electron chi connectivity index (χ1n) is 9.33. The summed E-state index contributed by atoms with van der Waals surface area (Å²) in [5.74, 6) is 0.956. The van der Waals surface area contributed by atoms with Gasteiger partial charge in [0.1, 0.15) is 0 Å². The molecule has 1 aliphatic carbocycles. The first-order chi connectivity index (χ1) is 11.9. The molecule has 0 bridgehead atoms. The zero-order valence-electron chi connectivity index (χ0n) is 16.3. The zero-order chi connectivity index (χ0) is 18.3. The lowest BCUT2D eigenvalue weighted by Gasteiger charge is -2.29. The quantitative estimate of drug-likeness (QED) is 0.671. The van der Waals surface area contributed by atoms with Crippen LogP contribution in [0.2, 0.25) is 0 Å². The number of anilines is 1. The maximum absolute atomic E-state index is 4.23. The third-order valence-electron chi connectivity index (χ3n) is 4.44. The van der Waals surface area contributed by atoms with Crippen LogP contribution in [-0.2, 0) is 0 Å². The summed E-state index contributed by atoms with van der Waals surface area (Å²) in [6, 6.07) is 10.9. The van der Waals surface area contributed by atoms with Gasteiger partial charge in [-0.2, -0.15) is 0 Å². The minimum Gasteiger partial charge on any atom is -0.388 e. The highest BCUT2D eigenvalue weighted by Gasteiger charge is 2.20. The lowest BCUT2D eigenvalue weighted by Crippen LogP contribution is -2.31. The summed E-state index contributed by atoms with van der Waals surface area (Å²) in [6.07, 6.45) is 7.35. The molecule has 3 rings (SSSR count). The summed E-state index contributed by atoms with van der Waals surface area (Å²) < 4.78 is 3.95. The highest BCUT2D eigenvalue weighted by atomic mass is 32.2. The van der Waals surface area contributed by atoms with Crippen LogP contribution in [0, 0.1) is 5.92 Å². The summed E-state index contributed by atoms with van der Waals surface area (Å²) in [5, 5.41) is 4.26. The Kier molecular flexibility index (Phi) is 7.57. The number of rotatable bonds is 3. The SMILES string of the molecule is CC1CCC(NSC(C)(C)C)CC1.CNc1ccc2ncccc2c1. The Morgan fingerprint density at radius 3 is 2.44 bits per heavy atom. The fourth-order valence-corrected chi connectivity index (χ4v) is 3.63.